The molecule has 1 atom stereocenters. The third-order valence-electron chi connectivity index (χ3n) is 2.63. The Morgan fingerprint density at radius 1 is 1.47 bits per heavy atom. The molecule has 1 unspecified atom stereocenters. The van der Waals surface area contributed by atoms with Gasteiger partial charge in [-0.1, -0.05) is 12.1 Å². The van der Waals surface area contributed by atoms with Gasteiger partial charge in [-0.2, -0.15) is 0 Å². The minimum Gasteiger partial charge on any atom is -0.356 e. The predicted octanol–water partition coefficient (Wildman–Crippen LogP) is 2.51. The minimum absolute atomic E-state index is 0.0889. The maximum absolute atomic E-state index is 13.5. The standard InChI is InChI=1S/C12H15FN2/c1-7(14)6-10-8(2)15-12-9(10)4-3-5-11(12)13/h3-5,7,15H,6,14H2,1-2H3. The summed E-state index contributed by atoms with van der Waals surface area (Å²) in [5.41, 5.74) is 8.49. The van der Waals surface area contributed by atoms with E-state index in [1.165, 1.54) is 6.07 Å². The lowest BCUT2D eigenvalue weighted by Gasteiger charge is -2.04. The lowest BCUT2D eigenvalue weighted by Crippen LogP contribution is -2.18. The minimum atomic E-state index is -0.202. The Balaban J connectivity index is 2.63. The van der Waals surface area contributed by atoms with Gasteiger partial charge in [-0.25, -0.2) is 4.39 Å². The molecule has 2 aromatic rings. The number of hydrogen-bond acceptors (Lipinski definition) is 1. The van der Waals surface area contributed by atoms with Gasteiger partial charge in [0.25, 0.3) is 0 Å². The molecule has 2 rings (SSSR count). The summed E-state index contributed by atoms with van der Waals surface area (Å²) in [5.74, 6) is -0.202. The molecule has 0 aliphatic heterocycles. The van der Waals surface area contributed by atoms with Crippen LogP contribution in [-0.2, 0) is 6.42 Å². The molecule has 0 spiro atoms. The summed E-state index contributed by atoms with van der Waals surface area (Å²) >= 11 is 0. The third kappa shape index (κ3) is 1.75. The maximum Gasteiger partial charge on any atom is 0.147 e. The quantitative estimate of drug-likeness (QED) is 0.778. The van der Waals surface area contributed by atoms with Crippen LogP contribution in [0.25, 0.3) is 10.9 Å². The van der Waals surface area contributed by atoms with Crippen LogP contribution in [0.2, 0.25) is 0 Å². The number of aromatic nitrogens is 1. The summed E-state index contributed by atoms with van der Waals surface area (Å²) in [7, 11) is 0. The second kappa shape index (κ2) is 3.66. The molecule has 0 saturated carbocycles. The summed E-state index contributed by atoms with van der Waals surface area (Å²) in [4.78, 5) is 3.07. The third-order valence-corrected chi connectivity index (χ3v) is 2.63. The first-order chi connectivity index (χ1) is 7.09. The first-order valence-corrected chi connectivity index (χ1v) is 5.11. The predicted molar refractivity (Wildman–Crippen MR) is 60.3 cm³/mol. The van der Waals surface area contributed by atoms with Gasteiger partial charge in [0.2, 0.25) is 0 Å². The Morgan fingerprint density at radius 2 is 2.20 bits per heavy atom. The van der Waals surface area contributed by atoms with E-state index in [0.29, 0.717) is 5.52 Å². The number of nitrogens with one attached hydrogen (secondary N) is 1. The summed E-state index contributed by atoms with van der Waals surface area (Å²) in [6, 6.07) is 5.22. The molecule has 0 aliphatic rings. The first kappa shape index (κ1) is 10.2. The Hall–Kier alpha value is -1.35. The molecule has 0 aliphatic carbocycles. The van der Waals surface area contributed by atoms with Crippen LogP contribution in [0.1, 0.15) is 18.2 Å². The van der Waals surface area contributed by atoms with Crippen LogP contribution in [0.3, 0.4) is 0 Å². The SMILES string of the molecule is Cc1[nH]c2c(F)cccc2c1CC(C)N. The van der Waals surface area contributed by atoms with Gasteiger partial charge in [0.1, 0.15) is 5.82 Å². The van der Waals surface area contributed by atoms with Crippen LogP contribution < -0.4 is 5.73 Å². The number of halogens is 1. The van der Waals surface area contributed by atoms with Crippen molar-refractivity contribution in [2.24, 2.45) is 5.73 Å². The van der Waals surface area contributed by atoms with E-state index in [1.807, 2.05) is 19.9 Å². The summed E-state index contributed by atoms with van der Waals surface area (Å²) in [5, 5.41) is 0.949. The first-order valence-electron chi connectivity index (χ1n) is 5.11. The lowest BCUT2D eigenvalue weighted by molar-refractivity contribution is 0.637. The Morgan fingerprint density at radius 3 is 2.87 bits per heavy atom. The molecule has 0 radical (unpaired) electrons. The van der Waals surface area contributed by atoms with E-state index in [-0.39, 0.29) is 11.9 Å². The molecule has 1 aromatic heterocycles. The number of hydrogen-bond donors (Lipinski definition) is 2. The number of fused-ring (bicyclic) bond motifs is 1. The maximum atomic E-state index is 13.5. The van der Waals surface area contributed by atoms with E-state index in [1.54, 1.807) is 6.07 Å². The zero-order valence-corrected chi connectivity index (χ0v) is 8.97. The molecule has 1 aromatic carbocycles. The van der Waals surface area contributed by atoms with E-state index < -0.39 is 0 Å². The van der Waals surface area contributed by atoms with E-state index in [9.17, 15) is 4.39 Å². The highest BCUT2D eigenvalue weighted by Gasteiger charge is 2.11. The number of H-pyrrole nitrogens is 1. The number of para-hydroxylation sites is 1. The fourth-order valence-corrected chi connectivity index (χ4v) is 1.95. The monoisotopic (exact) mass is 206 g/mol. The molecular formula is C12H15FN2. The van der Waals surface area contributed by atoms with Crippen LogP contribution in [-0.4, -0.2) is 11.0 Å². The van der Waals surface area contributed by atoms with Gasteiger partial charge in [0, 0.05) is 17.1 Å². The largest absolute Gasteiger partial charge is 0.356 e. The molecular weight excluding hydrogens is 191 g/mol. The van der Waals surface area contributed by atoms with Crippen molar-refractivity contribution in [1.29, 1.82) is 0 Å². The van der Waals surface area contributed by atoms with Crippen molar-refractivity contribution >= 4 is 10.9 Å². The highest BCUT2D eigenvalue weighted by molar-refractivity contribution is 5.85. The normalized spacial score (nSPS) is 13.3. The highest BCUT2D eigenvalue weighted by Crippen LogP contribution is 2.24. The average Bonchev–Trinajstić information content (AvgIpc) is 2.45. The Labute approximate surface area is 88.3 Å². The van der Waals surface area contributed by atoms with E-state index in [4.69, 9.17) is 5.73 Å². The zero-order chi connectivity index (χ0) is 11.0. The lowest BCUT2D eigenvalue weighted by atomic mass is 10.0. The van der Waals surface area contributed by atoms with Gasteiger partial charge >= 0.3 is 0 Å². The number of aryl methyl sites for hydroxylation is 1. The topological polar surface area (TPSA) is 41.8 Å². The van der Waals surface area contributed by atoms with E-state index in [2.05, 4.69) is 4.98 Å². The van der Waals surface area contributed by atoms with Crippen molar-refractivity contribution in [3.63, 3.8) is 0 Å². The van der Waals surface area contributed by atoms with E-state index in [0.717, 1.165) is 23.1 Å². The number of benzene rings is 1. The second-order valence-electron chi connectivity index (χ2n) is 4.07. The van der Waals surface area contributed by atoms with Crippen molar-refractivity contribution < 1.29 is 4.39 Å². The fraction of sp³-hybridized carbons (Fsp3) is 0.333. The van der Waals surface area contributed by atoms with Crippen LogP contribution in [0, 0.1) is 12.7 Å². The Kier molecular flexibility index (Phi) is 2.49. The fourth-order valence-electron chi connectivity index (χ4n) is 1.95. The van der Waals surface area contributed by atoms with Crippen molar-refractivity contribution in [3.8, 4) is 0 Å². The van der Waals surface area contributed by atoms with Crippen LogP contribution in [0.15, 0.2) is 18.2 Å². The van der Waals surface area contributed by atoms with Gasteiger partial charge < -0.3 is 10.7 Å². The molecule has 80 valence electrons. The summed E-state index contributed by atoms with van der Waals surface area (Å²) < 4.78 is 13.5. The molecule has 0 saturated heterocycles. The highest BCUT2D eigenvalue weighted by atomic mass is 19.1. The van der Waals surface area contributed by atoms with Gasteiger partial charge in [-0.05, 0) is 31.9 Å². The molecule has 0 bridgehead atoms. The molecule has 15 heavy (non-hydrogen) atoms. The number of nitrogens with two attached hydrogens (primary N) is 1. The molecule has 1 heterocycles. The van der Waals surface area contributed by atoms with E-state index >= 15 is 0 Å². The van der Waals surface area contributed by atoms with Crippen LogP contribution in [0.5, 0.6) is 0 Å². The Bertz CT molecular complexity index is 486. The molecule has 3 heteroatoms. The molecule has 3 N–H and O–H groups in total. The summed E-state index contributed by atoms with van der Waals surface area (Å²) in [6.45, 7) is 3.91. The summed E-state index contributed by atoms with van der Waals surface area (Å²) in [6.07, 6.45) is 0.773. The van der Waals surface area contributed by atoms with Crippen molar-refractivity contribution in [3.05, 3.63) is 35.3 Å². The van der Waals surface area contributed by atoms with Crippen LogP contribution >= 0.6 is 0 Å². The molecule has 0 fully saturated rings. The molecule has 0 amide bonds. The smallest absolute Gasteiger partial charge is 0.147 e. The average molecular weight is 206 g/mol. The zero-order valence-electron chi connectivity index (χ0n) is 8.97. The van der Waals surface area contributed by atoms with Gasteiger partial charge in [-0.15, -0.1) is 0 Å². The van der Waals surface area contributed by atoms with Crippen molar-refractivity contribution in [2.45, 2.75) is 26.3 Å². The van der Waals surface area contributed by atoms with Gasteiger partial charge in [0.15, 0.2) is 0 Å². The second-order valence-corrected chi connectivity index (χ2v) is 4.07. The number of rotatable bonds is 2. The van der Waals surface area contributed by atoms with Gasteiger partial charge in [-0.3, -0.25) is 0 Å². The number of aromatic amines is 1. The van der Waals surface area contributed by atoms with Crippen molar-refractivity contribution in [1.82, 2.24) is 4.98 Å². The van der Waals surface area contributed by atoms with Crippen LogP contribution in [0.4, 0.5) is 4.39 Å². The van der Waals surface area contributed by atoms with Gasteiger partial charge in [0.05, 0.1) is 5.52 Å². The molecule has 2 nitrogen and oxygen atoms in total. The van der Waals surface area contributed by atoms with Crippen molar-refractivity contribution in [2.75, 3.05) is 0 Å².